The lowest BCUT2D eigenvalue weighted by atomic mass is 9.93. The van der Waals surface area contributed by atoms with Crippen LogP contribution in [0.2, 0.25) is 5.02 Å². The molecule has 10 heteroatoms. The van der Waals surface area contributed by atoms with Gasteiger partial charge in [0.15, 0.2) is 0 Å². The normalized spacial score (nSPS) is 18.4. The van der Waals surface area contributed by atoms with Crippen LogP contribution in [-0.2, 0) is 4.79 Å². The van der Waals surface area contributed by atoms with Gasteiger partial charge in [0.05, 0.1) is 12.8 Å². The summed E-state index contributed by atoms with van der Waals surface area (Å²) in [7, 11) is 1.58. The predicted octanol–water partition coefficient (Wildman–Crippen LogP) is 5.57. The van der Waals surface area contributed by atoms with E-state index in [4.69, 9.17) is 21.1 Å². The Hall–Kier alpha value is -3.20. The molecule has 0 radical (unpaired) electrons. The second-order valence-corrected chi connectivity index (χ2v) is 8.46. The molecule has 180 valence electrons. The number of rotatable bonds is 6. The molecule has 0 spiro atoms. The lowest BCUT2D eigenvalue weighted by Crippen LogP contribution is -2.45. The molecule has 1 aliphatic rings. The quantitative estimate of drug-likeness (QED) is 0.487. The SMILES string of the molecule is COc1ccccc1-n1nc(O[C@H]2CC[C@@H](NC(=O)C(F)(F)F)CC2)cc1-c1ccc(Cl)cc1. The molecule has 1 heterocycles. The van der Waals surface area contributed by atoms with Gasteiger partial charge in [0.2, 0.25) is 5.88 Å². The number of nitrogens with one attached hydrogen (secondary N) is 1. The minimum Gasteiger partial charge on any atom is -0.494 e. The van der Waals surface area contributed by atoms with Gasteiger partial charge in [-0.25, -0.2) is 4.68 Å². The summed E-state index contributed by atoms with van der Waals surface area (Å²) in [6, 6.07) is 16.1. The first kappa shape index (κ1) is 23.9. The van der Waals surface area contributed by atoms with Crippen molar-refractivity contribution in [2.45, 2.75) is 44.0 Å². The maximum atomic E-state index is 12.5. The summed E-state index contributed by atoms with van der Waals surface area (Å²) >= 11 is 6.05. The molecule has 3 aromatic rings. The molecule has 1 N–H and O–H groups in total. The average Bonchev–Trinajstić information content (AvgIpc) is 3.23. The first-order valence-electron chi connectivity index (χ1n) is 10.8. The van der Waals surface area contributed by atoms with Crippen LogP contribution in [0.5, 0.6) is 11.6 Å². The monoisotopic (exact) mass is 493 g/mol. The number of amides is 1. The van der Waals surface area contributed by atoms with Gasteiger partial charge in [0.1, 0.15) is 17.5 Å². The first-order chi connectivity index (χ1) is 16.2. The third-order valence-electron chi connectivity index (χ3n) is 5.69. The maximum absolute atomic E-state index is 12.5. The van der Waals surface area contributed by atoms with E-state index in [0.29, 0.717) is 42.3 Å². The molecule has 1 aromatic heterocycles. The van der Waals surface area contributed by atoms with Crippen LogP contribution < -0.4 is 14.8 Å². The molecule has 1 fully saturated rings. The van der Waals surface area contributed by atoms with Crippen molar-refractivity contribution in [2.24, 2.45) is 0 Å². The number of carbonyl (C=O) groups is 1. The second kappa shape index (κ2) is 9.97. The number of halogens is 4. The van der Waals surface area contributed by atoms with Crippen LogP contribution >= 0.6 is 11.6 Å². The van der Waals surface area contributed by atoms with Crippen molar-refractivity contribution < 1.29 is 27.4 Å². The third-order valence-corrected chi connectivity index (χ3v) is 5.95. The van der Waals surface area contributed by atoms with Gasteiger partial charge in [0.25, 0.3) is 0 Å². The molecule has 2 aromatic carbocycles. The Morgan fingerprint density at radius 1 is 1.09 bits per heavy atom. The molecule has 4 rings (SSSR count). The maximum Gasteiger partial charge on any atom is 0.471 e. The zero-order valence-electron chi connectivity index (χ0n) is 18.3. The molecule has 6 nitrogen and oxygen atoms in total. The topological polar surface area (TPSA) is 65.4 Å². The van der Waals surface area contributed by atoms with Crippen LogP contribution in [0.4, 0.5) is 13.2 Å². The standard InChI is InChI=1S/C24H23ClF3N3O3/c1-33-21-5-3-2-4-19(21)31-20(15-6-8-16(25)9-7-15)14-22(30-31)34-18-12-10-17(11-13-18)29-23(32)24(26,27)28/h2-9,14,17-18H,10-13H2,1H3,(H,29,32)/t17-,18+. The molecule has 0 unspecified atom stereocenters. The lowest BCUT2D eigenvalue weighted by Gasteiger charge is -2.29. The molecule has 0 atom stereocenters. The number of carbonyl (C=O) groups excluding carboxylic acids is 1. The Morgan fingerprint density at radius 3 is 2.41 bits per heavy atom. The van der Waals surface area contributed by atoms with Gasteiger partial charge in [-0.1, -0.05) is 35.9 Å². The van der Waals surface area contributed by atoms with Gasteiger partial charge < -0.3 is 14.8 Å². The number of ether oxygens (including phenoxy) is 2. The molecule has 0 saturated heterocycles. The Bertz CT molecular complexity index is 1140. The fraction of sp³-hybridized carbons (Fsp3) is 0.333. The van der Waals surface area contributed by atoms with Crippen LogP contribution in [-0.4, -0.2) is 41.1 Å². The highest BCUT2D eigenvalue weighted by Crippen LogP contribution is 2.33. The van der Waals surface area contributed by atoms with Gasteiger partial charge in [-0.15, -0.1) is 5.10 Å². The highest BCUT2D eigenvalue weighted by atomic mass is 35.5. The number of methoxy groups -OCH3 is 1. The summed E-state index contributed by atoms with van der Waals surface area (Å²) in [4.78, 5) is 11.2. The van der Waals surface area contributed by atoms with Gasteiger partial charge in [0, 0.05) is 22.7 Å². The van der Waals surface area contributed by atoms with Crippen LogP contribution in [0, 0.1) is 0 Å². The summed E-state index contributed by atoms with van der Waals surface area (Å²) < 4.78 is 50.8. The highest BCUT2D eigenvalue weighted by Gasteiger charge is 2.40. The van der Waals surface area contributed by atoms with E-state index in [0.717, 1.165) is 16.9 Å². The number of nitrogens with zero attached hydrogens (tertiary/aromatic N) is 2. The van der Waals surface area contributed by atoms with Crippen molar-refractivity contribution in [3.8, 4) is 28.6 Å². The van der Waals surface area contributed by atoms with E-state index >= 15 is 0 Å². The van der Waals surface area contributed by atoms with E-state index in [-0.39, 0.29) is 6.10 Å². The van der Waals surface area contributed by atoms with Crippen LogP contribution in [0.15, 0.2) is 54.6 Å². The summed E-state index contributed by atoms with van der Waals surface area (Å²) in [5.41, 5.74) is 2.36. The summed E-state index contributed by atoms with van der Waals surface area (Å²) in [5, 5.41) is 7.31. The van der Waals surface area contributed by atoms with Crippen LogP contribution in [0.1, 0.15) is 25.7 Å². The Kier molecular flexibility index (Phi) is 7.02. The van der Waals surface area contributed by atoms with E-state index in [1.807, 2.05) is 42.5 Å². The number of hydrogen-bond donors (Lipinski definition) is 1. The number of para-hydroxylation sites is 2. The molecule has 1 amide bonds. The van der Waals surface area contributed by atoms with Crippen molar-refractivity contribution in [3.63, 3.8) is 0 Å². The van der Waals surface area contributed by atoms with E-state index in [2.05, 4.69) is 10.4 Å². The Balaban J connectivity index is 1.53. The zero-order valence-corrected chi connectivity index (χ0v) is 19.1. The molecule has 1 aliphatic carbocycles. The molecular weight excluding hydrogens is 471 g/mol. The molecule has 0 bridgehead atoms. The summed E-state index contributed by atoms with van der Waals surface area (Å²) in [5.74, 6) is -0.882. The average molecular weight is 494 g/mol. The highest BCUT2D eigenvalue weighted by molar-refractivity contribution is 6.30. The van der Waals surface area contributed by atoms with Gasteiger partial charge in [-0.2, -0.15) is 13.2 Å². The Labute approximate surface area is 199 Å². The third kappa shape index (κ3) is 5.47. The lowest BCUT2D eigenvalue weighted by molar-refractivity contribution is -0.174. The minimum atomic E-state index is -4.88. The smallest absolute Gasteiger partial charge is 0.471 e. The largest absolute Gasteiger partial charge is 0.494 e. The number of hydrogen-bond acceptors (Lipinski definition) is 4. The number of alkyl halides is 3. The van der Waals surface area contributed by atoms with E-state index in [1.165, 1.54) is 0 Å². The van der Waals surface area contributed by atoms with Crippen molar-refractivity contribution in [3.05, 3.63) is 59.6 Å². The fourth-order valence-corrected chi connectivity index (χ4v) is 4.12. The Morgan fingerprint density at radius 2 is 1.76 bits per heavy atom. The molecule has 1 saturated carbocycles. The van der Waals surface area contributed by atoms with Crippen molar-refractivity contribution in [1.29, 1.82) is 0 Å². The van der Waals surface area contributed by atoms with Crippen LogP contribution in [0.3, 0.4) is 0 Å². The van der Waals surface area contributed by atoms with Crippen LogP contribution in [0.25, 0.3) is 16.9 Å². The van der Waals surface area contributed by atoms with E-state index < -0.39 is 18.1 Å². The van der Waals surface area contributed by atoms with Gasteiger partial charge in [-0.3, -0.25) is 4.79 Å². The summed E-state index contributed by atoms with van der Waals surface area (Å²) in [6.07, 6.45) is -3.32. The second-order valence-electron chi connectivity index (χ2n) is 8.02. The summed E-state index contributed by atoms with van der Waals surface area (Å²) in [6.45, 7) is 0. The van der Waals surface area contributed by atoms with Crippen molar-refractivity contribution >= 4 is 17.5 Å². The predicted molar refractivity (Wildman–Crippen MR) is 121 cm³/mol. The zero-order chi connectivity index (χ0) is 24.3. The first-order valence-corrected chi connectivity index (χ1v) is 11.2. The van der Waals surface area contributed by atoms with Crippen molar-refractivity contribution in [1.82, 2.24) is 15.1 Å². The van der Waals surface area contributed by atoms with E-state index in [1.54, 1.807) is 23.9 Å². The minimum absolute atomic E-state index is 0.224. The van der Waals surface area contributed by atoms with Crippen molar-refractivity contribution in [2.75, 3.05) is 7.11 Å². The molecule has 34 heavy (non-hydrogen) atoms. The van der Waals surface area contributed by atoms with E-state index in [9.17, 15) is 18.0 Å². The van der Waals surface area contributed by atoms with Gasteiger partial charge >= 0.3 is 12.1 Å². The molecular formula is C24H23ClF3N3O3. The number of aromatic nitrogens is 2. The van der Waals surface area contributed by atoms with Gasteiger partial charge in [-0.05, 0) is 49.9 Å². The fourth-order valence-electron chi connectivity index (χ4n) is 3.99. The molecule has 0 aliphatic heterocycles. The number of benzene rings is 2.